The zero-order valence-corrected chi connectivity index (χ0v) is 9.63. The minimum atomic E-state index is -0.0684. The van der Waals surface area contributed by atoms with Crippen LogP contribution in [0.3, 0.4) is 0 Å². The van der Waals surface area contributed by atoms with Crippen LogP contribution in [0, 0.1) is 6.92 Å². The fourth-order valence-corrected chi connectivity index (χ4v) is 1.76. The van der Waals surface area contributed by atoms with E-state index in [1.54, 1.807) is 13.1 Å². The molecule has 1 fully saturated rings. The average Bonchev–Trinajstić information content (AvgIpc) is 3.08. The Bertz CT molecular complexity index is 492. The van der Waals surface area contributed by atoms with Crippen LogP contribution in [0.5, 0.6) is 0 Å². The Kier molecular flexibility index (Phi) is 2.60. The highest BCUT2D eigenvalue weighted by Gasteiger charge is 2.29. The van der Waals surface area contributed by atoms with E-state index < -0.39 is 0 Å². The van der Waals surface area contributed by atoms with Crippen molar-refractivity contribution in [2.45, 2.75) is 31.8 Å². The maximum absolute atomic E-state index is 5.04. The average molecular weight is 230 g/mol. The molecule has 1 N–H and O–H groups in total. The third-order valence-electron chi connectivity index (χ3n) is 2.76. The van der Waals surface area contributed by atoms with Crippen LogP contribution in [0.15, 0.2) is 28.9 Å². The van der Waals surface area contributed by atoms with Crippen molar-refractivity contribution >= 4 is 0 Å². The summed E-state index contributed by atoms with van der Waals surface area (Å²) in [5.41, 5.74) is 0.931. The molecule has 0 radical (unpaired) electrons. The van der Waals surface area contributed by atoms with Gasteiger partial charge in [0.2, 0.25) is 5.89 Å². The number of rotatable bonds is 4. The molecule has 0 aromatic carbocycles. The Morgan fingerprint density at radius 2 is 2.29 bits per heavy atom. The van der Waals surface area contributed by atoms with Crippen LogP contribution in [0.1, 0.15) is 36.3 Å². The molecular formula is C12H14N4O. The third kappa shape index (κ3) is 2.34. The van der Waals surface area contributed by atoms with E-state index in [9.17, 15) is 0 Å². The number of hydrogen-bond donors (Lipinski definition) is 1. The Balaban J connectivity index is 1.91. The van der Waals surface area contributed by atoms with Gasteiger partial charge in [-0.25, -0.2) is 0 Å². The van der Waals surface area contributed by atoms with Crippen molar-refractivity contribution in [1.82, 2.24) is 20.4 Å². The van der Waals surface area contributed by atoms with Gasteiger partial charge in [-0.05, 0) is 25.0 Å². The maximum Gasteiger partial charge on any atom is 0.223 e. The van der Waals surface area contributed by atoms with Gasteiger partial charge >= 0.3 is 0 Å². The Morgan fingerprint density at radius 1 is 1.41 bits per heavy atom. The summed E-state index contributed by atoms with van der Waals surface area (Å²) in [5, 5.41) is 7.47. The topological polar surface area (TPSA) is 63.8 Å². The number of hydrogen-bond acceptors (Lipinski definition) is 5. The van der Waals surface area contributed by atoms with Gasteiger partial charge in [-0.2, -0.15) is 4.98 Å². The highest BCUT2D eigenvalue weighted by molar-refractivity contribution is 5.17. The largest absolute Gasteiger partial charge is 0.340 e. The Morgan fingerprint density at radius 3 is 2.88 bits per heavy atom. The number of pyridine rings is 1. The summed E-state index contributed by atoms with van der Waals surface area (Å²) in [5.74, 6) is 1.24. The lowest BCUT2D eigenvalue weighted by molar-refractivity contribution is 0.380. The molecule has 0 amide bonds. The molecular weight excluding hydrogens is 216 g/mol. The summed E-state index contributed by atoms with van der Waals surface area (Å²) in [6.07, 6.45) is 4.20. The lowest BCUT2D eigenvalue weighted by Crippen LogP contribution is -2.26. The summed E-state index contributed by atoms with van der Waals surface area (Å²) in [7, 11) is 0. The fourth-order valence-electron chi connectivity index (χ4n) is 1.76. The molecule has 2 aromatic rings. The van der Waals surface area contributed by atoms with E-state index in [0.29, 0.717) is 17.8 Å². The Labute approximate surface area is 99.3 Å². The van der Waals surface area contributed by atoms with Gasteiger partial charge in [0.25, 0.3) is 0 Å². The smallest absolute Gasteiger partial charge is 0.223 e. The minimum absolute atomic E-state index is 0.0684. The molecule has 1 aliphatic carbocycles. The minimum Gasteiger partial charge on any atom is -0.340 e. The number of nitrogens with zero attached hydrogens (tertiary/aromatic N) is 3. The summed E-state index contributed by atoms with van der Waals surface area (Å²) in [6, 6.07) is 6.34. The first kappa shape index (κ1) is 10.4. The van der Waals surface area contributed by atoms with Crippen LogP contribution in [0.2, 0.25) is 0 Å². The van der Waals surface area contributed by atoms with Crippen LogP contribution >= 0.6 is 0 Å². The van der Waals surface area contributed by atoms with Gasteiger partial charge in [0.05, 0.1) is 5.69 Å². The molecule has 0 bridgehead atoms. The van der Waals surface area contributed by atoms with E-state index in [1.807, 2.05) is 18.2 Å². The number of aromatic nitrogens is 3. The first-order valence-corrected chi connectivity index (χ1v) is 5.80. The third-order valence-corrected chi connectivity index (χ3v) is 2.76. The summed E-state index contributed by atoms with van der Waals surface area (Å²) < 4.78 is 5.04. The molecule has 1 aliphatic rings. The van der Waals surface area contributed by atoms with Crippen molar-refractivity contribution < 1.29 is 4.52 Å². The maximum atomic E-state index is 5.04. The van der Waals surface area contributed by atoms with Crippen molar-refractivity contribution in [1.29, 1.82) is 0 Å². The van der Waals surface area contributed by atoms with Crippen molar-refractivity contribution in [3.05, 3.63) is 41.8 Å². The van der Waals surface area contributed by atoms with E-state index in [1.165, 1.54) is 12.8 Å². The molecule has 0 saturated heterocycles. The standard InChI is InChI=1S/C12H14N4O/c1-8-14-12(16-17-8)11(15-9-5-6-9)10-4-2-3-7-13-10/h2-4,7,9,11,15H,5-6H2,1H3/t11-/m0/s1. The zero-order chi connectivity index (χ0) is 11.7. The highest BCUT2D eigenvalue weighted by atomic mass is 16.5. The molecule has 2 heterocycles. The lowest BCUT2D eigenvalue weighted by atomic mass is 10.1. The van der Waals surface area contributed by atoms with Gasteiger partial charge in [0, 0.05) is 19.2 Å². The van der Waals surface area contributed by atoms with Gasteiger partial charge < -0.3 is 4.52 Å². The molecule has 1 atom stereocenters. The molecule has 0 unspecified atom stereocenters. The molecule has 5 heteroatoms. The van der Waals surface area contributed by atoms with Crippen LogP contribution in [-0.4, -0.2) is 21.2 Å². The van der Waals surface area contributed by atoms with Crippen molar-refractivity contribution in [2.24, 2.45) is 0 Å². The first-order valence-electron chi connectivity index (χ1n) is 5.80. The van der Waals surface area contributed by atoms with Gasteiger partial charge in [-0.3, -0.25) is 10.3 Å². The van der Waals surface area contributed by atoms with Gasteiger partial charge in [-0.1, -0.05) is 11.2 Å². The zero-order valence-electron chi connectivity index (χ0n) is 9.63. The van der Waals surface area contributed by atoms with E-state index >= 15 is 0 Å². The molecule has 2 aromatic heterocycles. The van der Waals surface area contributed by atoms with Gasteiger partial charge in [0.15, 0.2) is 5.82 Å². The molecule has 88 valence electrons. The van der Waals surface area contributed by atoms with Crippen LogP contribution in [0.25, 0.3) is 0 Å². The second-order valence-corrected chi connectivity index (χ2v) is 4.30. The predicted molar refractivity (Wildman–Crippen MR) is 61.3 cm³/mol. The normalized spacial score (nSPS) is 17.0. The molecule has 0 spiro atoms. The van der Waals surface area contributed by atoms with Gasteiger partial charge in [-0.15, -0.1) is 0 Å². The summed E-state index contributed by atoms with van der Waals surface area (Å²) in [4.78, 5) is 8.65. The van der Waals surface area contributed by atoms with Crippen molar-refractivity contribution in [3.63, 3.8) is 0 Å². The van der Waals surface area contributed by atoms with E-state index in [-0.39, 0.29) is 6.04 Å². The monoisotopic (exact) mass is 230 g/mol. The highest BCUT2D eigenvalue weighted by Crippen LogP contribution is 2.26. The molecule has 0 aliphatic heterocycles. The second kappa shape index (κ2) is 4.25. The summed E-state index contributed by atoms with van der Waals surface area (Å²) >= 11 is 0. The Hall–Kier alpha value is -1.75. The van der Waals surface area contributed by atoms with Gasteiger partial charge in [0.1, 0.15) is 6.04 Å². The van der Waals surface area contributed by atoms with E-state index in [0.717, 1.165) is 5.69 Å². The quantitative estimate of drug-likeness (QED) is 0.864. The number of aryl methyl sites for hydroxylation is 1. The lowest BCUT2D eigenvalue weighted by Gasteiger charge is -2.13. The second-order valence-electron chi connectivity index (χ2n) is 4.30. The van der Waals surface area contributed by atoms with Crippen LogP contribution in [-0.2, 0) is 0 Å². The van der Waals surface area contributed by atoms with Crippen LogP contribution in [0.4, 0.5) is 0 Å². The molecule has 1 saturated carbocycles. The van der Waals surface area contributed by atoms with E-state index in [4.69, 9.17) is 4.52 Å². The molecule has 5 nitrogen and oxygen atoms in total. The molecule has 3 rings (SSSR count). The first-order chi connectivity index (χ1) is 8.33. The van der Waals surface area contributed by atoms with Crippen molar-refractivity contribution in [3.8, 4) is 0 Å². The van der Waals surface area contributed by atoms with Crippen LogP contribution < -0.4 is 5.32 Å². The molecule has 17 heavy (non-hydrogen) atoms. The summed E-state index contributed by atoms with van der Waals surface area (Å²) in [6.45, 7) is 1.79. The number of nitrogens with one attached hydrogen (secondary N) is 1. The fraction of sp³-hybridized carbons (Fsp3) is 0.417. The SMILES string of the molecule is Cc1nc([C@@H](NC2CC2)c2ccccn2)no1. The van der Waals surface area contributed by atoms with Crippen molar-refractivity contribution in [2.75, 3.05) is 0 Å². The van der Waals surface area contributed by atoms with E-state index in [2.05, 4.69) is 20.4 Å². The predicted octanol–water partition coefficient (Wildman–Crippen LogP) is 1.61.